The Morgan fingerprint density at radius 1 is 1.39 bits per heavy atom. The van der Waals surface area contributed by atoms with Gasteiger partial charge in [-0.15, -0.1) is 10.2 Å². The van der Waals surface area contributed by atoms with E-state index in [9.17, 15) is 13.2 Å². The predicted molar refractivity (Wildman–Crippen MR) is 67.5 cm³/mol. The van der Waals surface area contributed by atoms with Crippen molar-refractivity contribution in [3.63, 3.8) is 0 Å². The number of H-pyrrole nitrogens is 1. The lowest BCUT2D eigenvalue weighted by molar-refractivity contribution is 0.602. The normalized spacial score (nSPS) is 11.4. The second-order valence-electron chi connectivity index (χ2n) is 3.27. The lowest BCUT2D eigenvalue weighted by Gasteiger charge is -2.04. The summed E-state index contributed by atoms with van der Waals surface area (Å²) >= 11 is 6.14. The summed E-state index contributed by atoms with van der Waals surface area (Å²) in [5.41, 5.74) is 0.277. The molecule has 2 N–H and O–H groups in total. The number of hydrogen-bond acceptors (Lipinski definition) is 6. The van der Waals surface area contributed by atoms with Gasteiger partial charge < -0.3 is 4.98 Å². The highest BCUT2D eigenvalue weighted by Crippen LogP contribution is 2.19. The highest BCUT2D eigenvalue weighted by atomic mass is 35.5. The van der Waals surface area contributed by atoms with Gasteiger partial charge in [0.2, 0.25) is 0 Å². The largest absolute Gasteiger partial charge is 0.315 e. The maximum Gasteiger partial charge on any atom is 0.306 e. The van der Waals surface area contributed by atoms with Crippen LogP contribution in [0, 0.1) is 6.92 Å². The van der Waals surface area contributed by atoms with Crippen molar-refractivity contribution in [2.75, 3.05) is 4.72 Å². The number of anilines is 1. The van der Waals surface area contributed by atoms with Crippen molar-refractivity contribution in [2.24, 2.45) is 0 Å². The molecule has 0 aliphatic rings. The van der Waals surface area contributed by atoms with E-state index in [0.717, 1.165) is 0 Å². The number of aryl methyl sites for hydroxylation is 1. The van der Waals surface area contributed by atoms with Crippen LogP contribution in [0.3, 0.4) is 0 Å². The molecule has 0 radical (unpaired) electrons. The number of hydrogen-bond donors (Lipinski definition) is 2. The topological polar surface area (TPSA) is 105 Å². The zero-order chi connectivity index (χ0) is 13.3. The van der Waals surface area contributed by atoms with Gasteiger partial charge in [-0.2, -0.15) is 0 Å². The Morgan fingerprint density at radius 3 is 2.61 bits per heavy atom. The number of sulfonamides is 1. The third kappa shape index (κ3) is 2.68. The summed E-state index contributed by atoms with van der Waals surface area (Å²) in [6, 6.07) is 2.77. The third-order valence-electron chi connectivity index (χ3n) is 1.90. The summed E-state index contributed by atoms with van der Waals surface area (Å²) in [7, 11) is -3.84. The van der Waals surface area contributed by atoms with E-state index in [-0.39, 0.29) is 20.9 Å². The van der Waals surface area contributed by atoms with Crippen LogP contribution in [0.25, 0.3) is 0 Å². The van der Waals surface area contributed by atoms with Gasteiger partial charge in [0.15, 0.2) is 15.2 Å². The molecule has 2 aromatic heterocycles. The Hall–Kier alpha value is -1.45. The molecule has 0 saturated carbocycles. The van der Waals surface area contributed by atoms with Crippen molar-refractivity contribution < 1.29 is 8.42 Å². The fourth-order valence-corrected chi connectivity index (χ4v) is 3.60. The Labute approximate surface area is 111 Å². The molecule has 0 aromatic carbocycles. The first-order chi connectivity index (χ1) is 8.38. The molecule has 0 aliphatic carbocycles. The summed E-state index contributed by atoms with van der Waals surface area (Å²) in [5.74, 6) is 0.0275. The van der Waals surface area contributed by atoms with Crippen LogP contribution in [0.2, 0.25) is 5.15 Å². The molecule has 0 fully saturated rings. The fourth-order valence-electron chi connectivity index (χ4n) is 1.20. The monoisotopic (exact) mass is 306 g/mol. The molecule has 10 heteroatoms. The number of nitrogens with zero attached hydrogens (tertiary/aromatic N) is 2. The summed E-state index contributed by atoms with van der Waals surface area (Å²) < 4.78 is 26.0. The van der Waals surface area contributed by atoms with Gasteiger partial charge in [-0.1, -0.05) is 22.9 Å². The SMILES string of the molecule is Cc1[nH]c(=O)sc1S(=O)(=O)Nc1ccc(Cl)nn1. The predicted octanol–water partition coefficient (Wildman–Crippen LogP) is 0.989. The van der Waals surface area contributed by atoms with Crippen molar-refractivity contribution in [2.45, 2.75) is 11.1 Å². The summed E-state index contributed by atoms with van der Waals surface area (Å²) in [6.45, 7) is 1.50. The molecule has 2 rings (SSSR count). The smallest absolute Gasteiger partial charge is 0.306 e. The van der Waals surface area contributed by atoms with Crippen LogP contribution in [-0.2, 0) is 10.0 Å². The fraction of sp³-hybridized carbons (Fsp3) is 0.125. The molecule has 0 bridgehead atoms. The molecule has 18 heavy (non-hydrogen) atoms. The minimum atomic E-state index is -3.84. The molecule has 2 heterocycles. The van der Waals surface area contributed by atoms with Crippen LogP contribution in [0.4, 0.5) is 5.82 Å². The first kappa shape index (κ1) is 13.0. The van der Waals surface area contributed by atoms with E-state index in [2.05, 4.69) is 19.9 Å². The molecule has 2 aromatic rings. The lowest BCUT2D eigenvalue weighted by Crippen LogP contribution is -2.14. The summed E-state index contributed by atoms with van der Waals surface area (Å²) in [4.78, 5) is 13.0. The average molecular weight is 307 g/mol. The highest BCUT2D eigenvalue weighted by molar-refractivity contribution is 7.94. The number of thiazole rings is 1. The van der Waals surface area contributed by atoms with Gasteiger partial charge in [-0.25, -0.2) is 8.42 Å². The molecule has 0 amide bonds. The Kier molecular flexibility index (Phi) is 3.37. The summed E-state index contributed by atoms with van der Waals surface area (Å²) in [6.07, 6.45) is 0. The van der Waals surface area contributed by atoms with Gasteiger partial charge in [-0.3, -0.25) is 9.52 Å². The van der Waals surface area contributed by atoms with E-state index in [0.29, 0.717) is 11.3 Å². The molecular formula is C8H7ClN4O3S2. The Bertz CT molecular complexity index is 720. The highest BCUT2D eigenvalue weighted by Gasteiger charge is 2.21. The van der Waals surface area contributed by atoms with Crippen LogP contribution >= 0.6 is 22.9 Å². The number of halogens is 1. The molecule has 0 atom stereocenters. The zero-order valence-electron chi connectivity index (χ0n) is 8.97. The van der Waals surface area contributed by atoms with Crippen LogP contribution in [-0.4, -0.2) is 23.6 Å². The van der Waals surface area contributed by atoms with E-state index < -0.39 is 14.9 Å². The van der Waals surface area contributed by atoms with Gasteiger partial charge in [-0.05, 0) is 19.1 Å². The van der Waals surface area contributed by atoms with Crippen molar-refractivity contribution in [1.29, 1.82) is 0 Å². The van der Waals surface area contributed by atoms with Gasteiger partial charge in [0.05, 0.1) is 0 Å². The molecule has 0 saturated heterocycles. The van der Waals surface area contributed by atoms with Crippen LogP contribution in [0.5, 0.6) is 0 Å². The van der Waals surface area contributed by atoms with Gasteiger partial charge in [0.1, 0.15) is 0 Å². The lowest BCUT2D eigenvalue weighted by atomic mass is 10.5. The van der Waals surface area contributed by atoms with E-state index in [1.165, 1.54) is 19.1 Å². The molecule has 0 spiro atoms. The van der Waals surface area contributed by atoms with Crippen LogP contribution in [0.15, 0.2) is 21.1 Å². The standard InChI is InChI=1S/C8H7ClN4O3S2/c1-4-7(17-8(14)10-4)18(15,16)13-6-3-2-5(9)11-12-6/h2-3H,1H3,(H,10,14)(H,12,13). The molecule has 0 aliphatic heterocycles. The first-order valence-corrected chi connectivity index (χ1v) is 7.28. The van der Waals surface area contributed by atoms with Crippen molar-refractivity contribution in [1.82, 2.24) is 15.2 Å². The number of nitrogens with one attached hydrogen (secondary N) is 2. The van der Waals surface area contributed by atoms with Crippen molar-refractivity contribution >= 4 is 38.8 Å². The van der Waals surface area contributed by atoms with E-state index >= 15 is 0 Å². The van der Waals surface area contributed by atoms with Crippen molar-refractivity contribution in [3.8, 4) is 0 Å². The quantitative estimate of drug-likeness (QED) is 0.879. The second kappa shape index (κ2) is 4.67. The van der Waals surface area contributed by atoms with E-state index in [1.54, 1.807) is 0 Å². The molecule has 96 valence electrons. The molecule has 0 unspecified atom stereocenters. The number of aromatic nitrogens is 3. The number of aromatic amines is 1. The van der Waals surface area contributed by atoms with Gasteiger partial charge in [0, 0.05) is 5.69 Å². The molecule has 7 nitrogen and oxygen atoms in total. The van der Waals surface area contributed by atoms with E-state index in [1.807, 2.05) is 0 Å². The van der Waals surface area contributed by atoms with Crippen LogP contribution in [0.1, 0.15) is 5.69 Å². The van der Waals surface area contributed by atoms with Crippen molar-refractivity contribution in [3.05, 3.63) is 32.6 Å². The maximum atomic E-state index is 12.0. The average Bonchev–Trinajstić information content (AvgIpc) is 2.62. The minimum absolute atomic E-state index is 0.0275. The van der Waals surface area contributed by atoms with Gasteiger partial charge in [0.25, 0.3) is 10.0 Å². The second-order valence-corrected chi connectivity index (χ2v) is 6.52. The molecular weight excluding hydrogens is 300 g/mol. The zero-order valence-corrected chi connectivity index (χ0v) is 11.4. The Balaban J connectivity index is 2.36. The Morgan fingerprint density at radius 2 is 2.11 bits per heavy atom. The minimum Gasteiger partial charge on any atom is -0.315 e. The third-order valence-corrected chi connectivity index (χ3v) is 5.06. The maximum absolute atomic E-state index is 12.0. The van der Waals surface area contributed by atoms with Crippen LogP contribution < -0.4 is 9.60 Å². The van der Waals surface area contributed by atoms with E-state index in [4.69, 9.17) is 11.6 Å². The summed E-state index contributed by atoms with van der Waals surface area (Å²) in [5, 5.41) is 7.23. The van der Waals surface area contributed by atoms with Gasteiger partial charge >= 0.3 is 4.87 Å². The first-order valence-electron chi connectivity index (χ1n) is 4.60. The number of rotatable bonds is 3.